The third-order valence-electron chi connectivity index (χ3n) is 3.25. The van der Waals surface area contributed by atoms with Crippen LogP contribution in [-0.4, -0.2) is 28.0 Å². The number of amides is 1. The van der Waals surface area contributed by atoms with Gasteiger partial charge in [-0.05, 0) is 36.0 Å². The van der Waals surface area contributed by atoms with Crippen LogP contribution in [0.5, 0.6) is 0 Å². The fourth-order valence-electron chi connectivity index (χ4n) is 1.99. The number of hydrogen-bond donors (Lipinski definition) is 0. The van der Waals surface area contributed by atoms with E-state index < -0.39 is 5.82 Å². The monoisotopic (exact) mass is 381 g/mol. The molecule has 0 radical (unpaired) electrons. The molecule has 1 aliphatic heterocycles. The Morgan fingerprint density at radius 3 is 2.79 bits per heavy atom. The van der Waals surface area contributed by atoms with Crippen molar-refractivity contribution in [3.05, 3.63) is 63.0 Å². The van der Waals surface area contributed by atoms with Crippen LogP contribution in [0.4, 0.5) is 10.1 Å². The van der Waals surface area contributed by atoms with Gasteiger partial charge in [0.1, 0.15) is 5.82 Å². The van der Waals surface area contributed by atoms with Gasteiger partial charge in [0.05, 0.1) is 20.6 Å². The molecular formula is C16H10Cl2FN3OS. The highest BCUT2D eigenvalue weighted by Crippen LogP contribution is 2.35. The summed E-state index contributed by atoms with van der Waals surface area (Å²) in [7, 11) is 1.59. The summed E-state index contributed by atoms with van der Waals surface area (Å²) in [5, 5.41) is 1.05. The van der Waals surface area contributed by atoms with Crippen molar-refractivity contribution in [1.82, 2.24) is 9.88 Å². The Morgan fingerprint density at radius 2 is 2.08 bits per heavy atom. The highest BCUT2D eigenvalue weighted by molar-refractivity contribution is 8.18. The van der Waals surface area contributed by atoms with Crippen LogP contribution < -0.4 is 0 Å². The quantitative estimate of drug-likeness (QED) is 0.704. The minimum Gasteiger partial charge on any atom is -0.290 e. The van der Waals surface area contributed by atoms with Crippen molar-refractivity contribution in [2.45, 2.75) is 0 Å². The van der Waals surface area contributed by atoms with E-state index in [0.29, 0.717) is 20.8 Å². The molecule has 8 heteroatoms. The first kappa shape index (κ1) is 17.0. The molecular weight excluding hydrogens is 372 g/mol. The molecule has 0 saturated carbocycles. The molecule has 1 fully saturated rings. The molecule has 0 unspecified atom stereocenters. The lowest BCUT2D eigenvalue weighted by Gasteiger charge is -2.07. The number of carbonyl (C=O) groups excluding carboxylic acids is 1. The van der Waals surface area contributed by atoms with E-state index in [0.717, 1.165) is 11.8 Å². The van der Waals surface area contributed by atoms with E-state index in [1.807, 2.05) is 0 Å². The molecule has 24 heavy (non-hydrogen) atoms. The Balaban J connectivity index is 1.98. The highest BCUT2D eigenvalue weighted by Gasteiger charge is 2.31. The Labute approximate surface area is 152 Å². The van der Waals surface area contributed by atoms with Crippen molar-refractivity contribution in [2.75, 3.05) is 7.05 Å². The van der Waals surface area contributed by atoms with Gasteiger partial charge in [-0.2, -0.15) is 0 Å². The number of carbonyl (C=O) groups is 1. The molecule has 4 nitrogen and oxygen atoms in total. The van der Waals surface area contributed by atoms with Gasteiger partial charge in [-0.15, -0.1) is 0 Å². The van der Waals surface area contributed by atoms with Gasteiger partial charge in [-0.1, -0.05) is 29.3 Å². The normalized spacial score (nSPS) is 18.0. The van der Waals surface area contributed by atoms with Gasteiger partial charge in [-0.3, -0.25) is 14.7 Å². The Morgan fingerprint density at radius 1 is 1.29 bits per heavy atom. The number of amidine groups is 1. The minimum atomic E-state index is -0.492. The van der Waals surface area contributed by atoms with E-state index in [-0.39, 0.29) is 16.5 Å². The molecule has 0 spiro atoms. The van der Waals surface area contributed by atoms with Crippen LogP contribution in [0.25, 0.3) is 6.08 Å². The maximum absolute atomic E-state index is 13.9. The molecule has 1 aromatic carbocycles. The first-order valence-corrected chi connectivity index (χ1v) is 8.34. The smallest absolute Gasteiger partial charge is 0.266 e. The predicted molar refractivity (Wildman–Crippen MR) is 96.1 cm³/mol. The van der Waals surface area contributed by atoms with E-state index in [1.165, 1.54) is 29.3 Å². The van der Waals surface area contributed by atoms with Crippen LogP contribution in [0.2, 0.25) is 10.0 Å². The van der Waals surface area contributed by atoms with E-state index >= 15 is 0 Å². The van der Waals surface area contributed by atoms with E-state index in [9.17, 15) is 9.18 Å². The molecule has 1 aromatic heterocycles. The van der Waals surface area contributed by atoms with E-state index in [2.05, 4.69) is 9.98 Å². The van der Waals surface area contributed by atoms with Crippen molar-refractivity contribution in [3.8, 4) is 0 Å². The van der Waals surface area contributed by atoms with Gasteiger partial charge in [0, 0.05) is 25.0 Å². The van der Waals surface area contributed by atoms with Crippen molar-refractivity contribution < 1.29 is 9.18 Å². The maximum Gasteiger partial charge on any atom is 0.266 e. The highest BCUT2D eigenvalue weighted by atomic mass is 35.5. The van der Waals surface area contributed by atoms with Crippen molar-refractivity contribution in [1.29, 1.82) is 0 Å². The van der Waals surface area contributed by atoms with Crippen molar-refractivity contribution >= 4 is 57.8 Å². The van der Waals surface area contributed by atoms with Crippen LogP contribution >= 0.6 is 35.0 Å². The number of aliphatic imine (C=N–C) groups is 1. The largest absolute Gasteiger partial charge is 0.290 e. The van der Waals surface area contributed by atoms with Crippen LogP contribution in [0, 0.1) is 5.82 Å². The number of likely N-dealkylation sites (N-methyl/N-ethyl adjacent to an activating group) is 1. The fraction of sp³-hybridized carbons (Fsp3) is 0.0625. The Kier molecular flexibility index (Phi) is 4.89. The lowest BCUT2D eigenvalue weighted by molar-refractivity contribution is -0.121. The molecule has 0 aliphatic carbocycles. The Hall–Kier alpha value is -1.89. The van der Waals surface area contributed by atoms with Crippen LogP contribution in [-0.2, 0) is 4.79 Å². The first-order valence-electron chi connectivity index (χ1n) is 6.77. The Bertz CT molecular complexity index is 865. The second-order valence-corrected chi connectivity index (χ2v) is 6.66. The lowest BCUT2D eigenvalue weighted by Crippen LogP contribution is -2.23. The number of pyridine rings is 1. The zero-order valence-corrected chi connectivity index (χ0v) is 14.7. The number of thioether (sulfide) groups is 1. The number of halogens is 3. The minimum absolute atomic E-state index is 0.173. The third kappa shape index (κ3) is 3.31. The molecule has 122 valence electrons. The van der Waals surface area contributed by atoms with Crippen molar-refractivity contribution in [2.24, 2.45) is 4.99 Å². The molecule has 1 aliphatic rings. The standard InChI is InChI=1S/C16H10Cl2FN3OS/c1-22-15(23)14(7-9-10(17)3-2-4-12(9)19)24-16(22)21-13-5-6-20-8-11(13)18/h2-8H,1H3/b14-7-,21-16?. The summed E-state index contributed by atoms with van der Waals surface area (Å²) >= 11 is 13.2. The number of benzene rings is 1. The summed E-state index contributed by atoms with van der Waals surface area (Å²) in [6, 6.07) is 6.01. The molecule has 0 N–H and O–H groups in total. The van der Waals surface area contributed by atoms with Crippen LogP contribution in [0.1, 0.15) is 5.56 Å². The number of nitrogens with zero attached hydrogens (tertiary/aromatic N) is 3. The second kappa shape index (κ2) is 6.93. The van der Waals surface area contributed by atoms with Crippen LogP contribution in [0.3, 0.4) is 0 Å². The van der Waals surface area contributed by atoms with E-state index in [4.69, 9.17) is 23.2 Å². The van der Waals surface area contributed by atoms with E-state index in [1.54, 1.807) is 25.4 Å². The molecule has 2 heterocycles. The van der Waals surface area contributed by atoms with Gasteiger partial charge in [0.15, 0.2) is 5.17 Å². The summed E-state index contributed by atoms with van der Waals surface area (Å²) < 4.78 is 13.9. The number of hydrogen-bond acceptors (Lipinski definition) is 4. The lowest BCUT2D eigenvalue weighted by atomic mass is 10.2. The SMILES string of the molecule is CN1C(=O)/C(=C/c2c(F)cccc2Cl)SC1=Nc1ccncc1Cl. The average Bonchev–Trinajstić information content (AvgIpc) is 2.81. The summed E-state index contributed by atoms with van der Waals surface area (Å²) in [4.78, 5) is 22.3. The molecule has 1 amide bonds. The number of rotatable bonds is 2. The zero-order chi connectivity index (χ0) is 17.3. The van der Waals surface area contributed by atoms with Crippen molar-refractivity contribution in [3.63, 3.8) is 0 Å². The molecule has 1 saturated heterocycles. The number of aromatic nitrogens is 1. The molecule has 3 rings (SSSR count). The summed E-state index contributed by atoms with van der Waals surface area (Å²) in [6.45, 7) is 0. The zero-order valence-electron chi connectivity index (χ0n) is 12.3. The van der Waals surface area contributed by atoms with Gasteiger partial charge < -0.3 is 0 Å². The fourth-order valence-corrected chi connectivity index (χ4v) is 3.33. The summed E-state index contributed by atoms with van der Waals surface area (Å²) in [6.07, 6.45) is 4.46. The summed E-state index contributed by atoms with van der Waals surface area (Å²) in [5.74, 6) is -0.781. The predicted octanol–water partition coefficient (Wildman–Crippen LogP) is 4.76. The van der Waals surface area contributed by atoms with Crippen LogP contribution in [0.15, 0.2) is 46.6 Å². The molecule has 2 aromatic rings. The molecule has 0 atom stereocenters. The topological polar surface area (TPSA) is 45.6 Å². The third-order valence-corrected chi connectivity index (χ3v) is 4.93. The molecule has 0 bridgehead atoms. The summed E-state index contributed by atoms with van der Waals surface area (Å²) in [5.41, 5.74) is 0.672. The van der Waals surface area contributed by atoms with Gasteiger partial charge in [0.2, 0.25) is 0 Å². The second-order valence-electron chi connectivity index (χ2n) is 4.83. The van der Waals surface area contributed by atoms with Gasteiger partial charge in [-0.25, -0.2) is 9.38 Å². The maximum atomic E-state index is 13.9. The van der Waals surface area contributed by atoms with Gasteiger partial charge in [0.25, 0.3) is 5.91 Å². The average molecular weight is 382 g/mol. The van der Waals surface area contributed by atoms with Gasteiger partial charge >= 0.3 is 0 Å². The first-order chi connectivity index (χ1) is 11.5.